The maximum atomic E-state index is 11.6. The van der Waals surface area contributed by atoms with Gasteiger partial charge in [-0.2, -0.15) is 0 Å². The van der Waals surface area contributed by atoms with Crippen LogP contribution in [0.15, 0.2) is 16.3 Å². The van der Waals surface area contributed by atoms with Gasteiger partial charge in [0, 0.05) is 19.9 Å². The highest BCUT2D eigenvalue weighted by Crippen LogP contribution is 2.21. The molecule has 0 atom stereocenters. The molecule has 16 heavy (non-hydrogen) atoms. The first-order valence-electron chi connectivity index (χ1n) is 5.21. The molecule has 5 nitrogen and oxygen atoms in total. The Labute approximate surface area is 93.8 Å². The van der Waals surface area contributed by atoms with Crippen LogP contribution in [0.25, 0.3) is 0 Å². The maximum absolute atomic E-state index is 11.6. The molecule has 0 spiro atoms. The molecule has 0 unspecified atom stereocenters. The first-order valence-corrected chi connectivity index (χ1v) is 5.21. The highest BCUT2D eigenvalue weighted by Gasteiger charge is 2.29. The number of carbonyl (C=O) groups excluding carboxylic acids is 2. The Bertz CT molecular complexity index is 368. The van der Waals surface area contributed by atoms with E-state index in [1.807, 2.05) is 0 Å². The number of allylic oxidation sites excluding steroid dienone is 1. The number of aliphatic hydroxyl groups is 1. The maximum Gasteiger partial charge on any atom is 0.357 e. The summed E-state index contributed by atoms with van der Waals surface area (Å²) in [6, 6.07) is 0. The second kappa shape index (κ2) is 5.44. The van der Waals surface area contributed by atoms with Gasteiger partial charge in [-0.25, -0.2) is 4.79 Å². The molecule has 1 aliphatic carbocycles. The fraction of sp³-hybridized carbons (Fsp3) is 0.545. The fourth-order valence-electron chi connectivity index (χ4n) is 1.60. The lowest BCUT2D eigenvalue weighted by molar-refractivity contribution is -0.135. The van der Waals surface area contributed by atoms with Crippen molar-refractivity contribution in [3.05, 3.63) is 11.3 Å². The fourth-order valence-corrected chi connectivity index (χ4v) is 1.60. The number of nitrogens with zero attached hydrogens (tertiary/aromatic N) is 1. The van der Waals surface area contributed by atoms with Crippen molar-refractivity contribution in [3.8, 4) is 0 Å². The average molecular weight is 225 g/mol. The van der Waals surface area contributed by atoms with Crippen LogP contribution in [0.4, 0.5) is 0 Å². The Hall–Kier alpha value is -1.65. The quantitative estimate of drug-likeness (QED) is 0.578. The molecule has 0 fully saturated rings. The van der Waals surface area contributed by atoms with Crippen molar-refractivity contribution >= 4 is 17.5 Å². The number of ketones is 1. The van der Waals surface area contributed by atoms with Crippen LogP contribution in [-0.4, -0.2) is 36.2 Å². The summed E-state index contributed by atoms with van der Waals surface area (Å²) in [6.45, 7) is 1.88. The minimum Gasteiger partial charge on any atom is -0.511 e. The van der Waals surface area contributed by atoms with Crippen LogP contribution in [0.2, 0.25) is 0 Å². The lowest BCUT2D eigenvalue weighted by Crippen LogP contribution is -2.27. The predicted molar refractivity (Wildman–Crippen MR) is 58.5 cm³/mol. The van der Waals surface area contributed by atoms with Crippen molar-refractivity contribution in [1.82, 2.24) is 0 Å². The van der Waals surface area contributed by atoms with Crippen LogP contribution in [0, 0.1) is 0 Å². The van der Waals surface area contributed by atoms with Gasteiger partial charge in [0.15, 0.2) is 11.5 Å². The number of Topliss-reactive ketones (excluding diaryl/α,β-unsaturated/α-hetero) is 1. The summed E-state index contributed by atoms with van der Waals surface area (Å²) in [7, 11) is 1.40. The number of carbonyl (C=O) groups is 2. The monoisotopic (exact) mass is 225 g/mol. The molecule has 5 heteroatoms. The molecule has 1 rings (SSSR count). The van der Waals surface area contributed by atoms with Crippen LogP contribution < -0.4 is 0 Å². The van der Waals surface area contributed by atoms with Crippen molar-refractivity contribution in [2.75, 3.05) is 13.7 Å². The van der Waals surface area contributed by atoms with Gasteiger partial charge in [-0.1, -0.05) is 0 Å². The Balaban J connectivity index is 3.05. The summed E-state index contributed by atoms with van der Waals surface area (Å²) < 4.78 is 4.78. The predicted octanol–water partition coefficient (Wildman–Crippen LogP) is 1.19. The van der Waals surface area contributed by atoms with E-state index in [0.29, 0.717) is 19.3 Å². The molecule has 0 saturated heterocycles. The number of esters is 1. The third-order valence-corrected chi connectivity index (χ3v) is 2.31. The van der Waals surface area contributed by atoms with Gasteiger partial charge in [-0.05, 0) is 13.3 Å². The number of hydrogen-bond donors (Lipinski definition) is 1. The Morgan fingerprint density at radius 3 is 2.69 bits per heavy atom. The average Bonchev–Trinajstić information content (AvgIpc) is 2.24. The molecule has 0 radical (unpaired) electrons. The van der Waals surface area contributed by atoms with E-state index in [4.69, 9.17) is 4.74 Å². The second-order valence-corrected chi connectivity index (χ2v) is 3.39. The molecular weight excluding hydrogens is 210 g/mol. The van der Waals surface area contributed by atoms with Gasteiger partial charge in [-0.3, -0.25) is 9.79 Å². The van der Waals surface area contributed by atoms with Gasteiger partial charge in [-0.15, -0.1) is 0 Å². The van der Waals surface area contributed by atoms with Crippen molar-refractivity contribution in [1.29, 1.82) is 0 Å². The molecular formula is C11H15NO4. The van der Waals surface area contributed by atoms with Crippen LogP contribution in [0.3, 0.4) is 0 Å². The number of hydrogen-bond acceptors (Lipinski definition) is 5. The van der Waals surface area contributed by atoms with Crippen LogP contribution in [-0.2, 0) is 14.3 Å². The molecule has 88 valence electrons. The number of ether oxygens (including phenoxy) is 1. The highest BCUT2D eigenvalue weighted by molar-refractivity contribution is 6.50. The number of aliphatic hydroxyl groups excluding tert-OH is 1. The van der Waals surface area contributed by atoms with Crippen molar-refractivity contribution in [3.63, 3.8) is 0 Å². The van der Waals surface area contributed by atoms with Crippen LogP contribution in [0.1, 0.15) is 26.2 Å². The summed E-state index contributed by atoms with van der Waals surface area (Å²) in [5.74, 6) is -0.982. The van der Waals surface area contributed by atoms with E-state index in [9.17, 15) is 14.7 Å². The van der Waals surface area contributed by atoms with Gasteiger partial charge >= 0.3 is 5.97 Å². The topological polar surface area (TPSA) is 76.0 Å². The second-order valence-electron chi connectivity index (χ2n) is 3.39. The van der Waals surface area contributed by atoms with Gasteiger partial charge in [0.2, 0.25) is 0 Å². The molecule has 0 bridgehead atoms. The summed E-state index contributed by atoms with van der Waals surface area (Å²) in [5, 5.41) is 9.63. The molecule has 0 aromatic heterocycles. The Morgan fingerprint density at radius 2 is 2.19 bits per heavy atom. The minimum atomic E-state index is -0.665. The smallest absolute Gasteiger partial charge is 0.357 e. The highest BCUT2D eigenvalue weighted by atomic mass is 16.5. The summed E-state index contributed by atoms with van der Waals surface area (Å²) in [4.78, 5) is 26.9. The Morgan fingerprint density at radius 1 is 1.50 bits per heavy atom. The molecule has 0 aromatic rings. The van der Waals surface area contributed by atoms with Gasteiger partial charge in [0.05, 0.1) is 12.2 Å². The van der Waals surface area contributed by atoms with Gasteiger partial charge < -0.3 is 9.84 Å². The molecule has 0 heterocycles. The summed E-state index contributed by atoms with van der Waals surface area (Å²) in [6.07, 6.45) is 1.34. The molecule has 0 aliphatic heterocycles. The summed E-state index contributed by atoms with van der Waals surface area (Å²) >= 11 is 0. The van der Waals surface area contributed by atoms with Crippen molar-refractivity contribution in [2.24, 2.45) is 4.99 Å². The molecule has 1 N–H and O–H groups in total. The van der Waals surface area contributed by atoms with E-state index in [1.54, 1.807) is 6.92 Å². The standard InChI is InChI=1S/C11H15NO4/c1-3-16-11(15)10(12-2)9-7(13)5-4-6-8(9)14/h13H,3-6H2,1-2H3. The van der Waals surface area contributed by atoms with E-state index in [2.05, 4.69) is 4.99 Å². The van der Waals surface area contributed by atoms with E-state index in [0.717, 1.165) is 0 Å². The van der Waals surface area contributed by atoms with E-state index in [-0.39, 0.29) is 29.4 Å². The lowest BCUT2D eigenvalue weighted by Gasteiger charge is -2.15. The van der Waals surface area contributed by atoms with Gasteiger partial charge in [0.1, 0.15) is 5.76 Å². The van der Waals surface area contributed by atoms with Crippen molar-refractivity contribution in [2.45, 2.75) is 26.2 Å². The number of rotatable bonds is 3. The van der Waals surface area contributed by atoms with E-state index >= 15 is 0 Å². The van der Waals surface area contributed by atoms with Crippen molar-refractivity contribution < 1.29 is 19.4 Å². The third-order valence-electron chi connectivity index (χ3n) is 2.31. The molecule has 0 amide bonds. The first kappa shape index (κ1) is 12.4. The zero-order chi connectivity index (χ0) is 12.1. The minimum absolute atomic E-state index is 0.0206. The first-order chi connectivity index (χ1) is 7.61. The molecule has 0 saturated carbocycles. The Kier molecular flexibility index (Phi) is 4.22. The SMILES string of the molecule is CCOC(=O)C(=NC)C1=C(O)CCCC1=O. The zero-order valence-electron chi connectivity index (χ0n) is 9.45. The van der Waals surface area contributed by atoms with Gasteiger partial charge in [0.25, 0.3) is 0 Å². The molecule has 1 aliphatic rings. The van der Waals surface area contributed by atoms with E-state index < -0.39 is 5.97 Å². The summed E-state index contributed by atoms with van der Waals surface area (Å²) in [5.41, 5.74) is -0.0590. The van der Waals surface area contributed by atoms with Crippen LogP contribution >= 0.6 is 0 Å². The lowest BCUT2D eigenvalue weighted by atomic mass is 9.93. The number of aliphatic imine (C=N–C) groups is 1. The molecule has 0 aromatic carbocycles. The van der Waals surface area contributed by atoms with Crippen LogP contribution in [0.5, 0.6) is 0 Å². The largest absolute Gasteiger partial charge is 0.511 e. The van der Waals surface area contributed by atoms with E-state index in [1.165, 1.54) is 7.05 Å². The zero-order valence-corrected chi connectivity index (χ0v) is 9.45. The third kappa shape index (κ3) is 2.48. The normalized spacial score (nSPS) is 17.6.